The lowest BCUT2D eigenvalue weighted by Crippen LogP contribution is -2.58. The second-order valence-corrected chi connectivity index (χ2v) is 10.8. The molecule has 2 saturated heterocycles. The molecule has 2 fully saturated rings. The van der Waals surface area contributed by atoms with Gasteiger partial charge in [-0.3, -0.25) is 0 Å². The molecular formula is C24H39BrCl4N6O4. The van der Waals surface area contributed by atoms with Crippen molar-refractivity contribution in [3.05, 3.63) is 39.0 Å². The van der Waals surface area contributed by atoms with E-state index in [0.29, 0.717) is 34.9 Å². The minimum Gasteiger partial charge on any atom is -0.481 e. The smallest absolute Gasteiger partial charge is 0.410 e. The van der Waals surface area contributed by atoms with Crippen molar-refractivity contribution < 1.29 is 19.0 Å². The fraction of sp³-hybridized carbons (Fsp3) is 0.542. The maximum Gasteiger partial charge on any atom is 0.410 e. The number of rotatable bonds is 3. The average Bonchev–Trinajstić information content (AvgIpc) is 2.77. The molecule has 0 atom stereocenters. The Hall–Kier alpha value is -1.47. The molecule has 2 aliphatic heterocycles. The molecular weight excluding hydrogens is 658 g/mol. The SMILES string of the molecule is C.CC(C)(C)OC(=O)N1CC(N)C1.COc1cc(Br)c(Cl)cn1.COc1cc(N2CC(N)C2)c(Cl)cn1.Cl.Cl. The normalized spacial score (nSPS) is 14.2. The third kappa shape index (κ3) is 13.2. The van der Waals surface area contributed by atoms with E-state index < -0.39 is 5.60 Å². The van der Waals surface area contributed by atoms with Crippen molar-refractivity contribution in [2.45, 2.75) is 45.9 Å². The van der Waals surface area contributed by atoms with Crippen LogP contribution >= 0.6 is 63.9 Å². The van der Waals surface area contributed by atoms with Crippen molar-refractivity contribution in [3.63, 3.8) is 0 Å². The monoisotopic (exact) mass is 694 g/mol. The number of methoxy groups -OCH3 is 2. The van der Waals surface area contributed by atoms with E-state index in [1.165, 1.54) is 6.20 Å². The molecule has 15 heteroatoms. The molecule has 0 bridgehead atoms. The van der Waals surface area contributed by atoms with Gasteiger partial charge in [0.25, 0.3) is 0 Å². The van der Waals surface area contributed by atoms with E-state index >= 15 is 0 Å². The quantitative estimate of drug-likeness (QED) is 0.431. The number of likely N-dealkylation sites (tertiary alicyclic amines) is 1. The Morgan fingerprint density at radius 1 is 0.949 bits per heavy atom. The lowest BCUT2D eigenvalue weighted by molar-refractivity contribution is 0.00883. The highest BCUT2D eigenvalue weighted by Crippen LogP contribution is 2.30. The second kappa shape index (κ2) is 18.1. The number of ether oxygens (including phenoxy) is 3. The molecule has 224 valence electrons. The van der Waals surface area contributed by atoms with Crippen LogP contribution in [-0.4, -0.2) is 79.0 Å². The minimum atomic E-state index is -0.406. The van der Waals surface area contributed by atoms with Gasteiger partial charge < -0.3 is 35.5 Å². The molecule has 0 spiro atoms. The summed E-state index contributed by atoms with van der Waals surface area (Å²) in [6.07, 6.45) is 2.87. The standard InChI is InChI=1S/C9H12ClN3O.C8H16N2O2.C6H5BrClNO.CH4.2ClH/c1-14-9-2-8(7(10)3-12-9)13-4-6(11)5-13;1-8(2,3)12-7(11)10-4-6(9)5-10;1-10-6-2-4(7)5(8)3-9-6;;;/h2-3,6H,4-5,11H2,1H3;6H,4-5,9H2,1-3H3;2-3H,1H3;1H4;2*1H. The molecule has 10 nitrogen and oxygen atoms in total. The van der Waals surface area contributed by atoms with Gasteiger partial charge in [-0.05, 0) is 36.7 Å². The van der Waals surface area contributed by atoms with Crippen LogP contribution in [0.5, 0.6) is 11.8 Å². The van der Waals surface area contributed by atoms with E-state index in [1.54, 1.807) is 31.4 Å². The van der Waals surface area contributed by atoms with Gasteiger partial charge in [0.1, 0.15) is 5.60 Å². The van der Waals surface area contributed by atoms with Crippen LogP contribution in [0.25, 0.3) is 0 Å². The molecule has 0 unspecified atom stereocenters. The van der Waals surface area contributed by atoms with Crippen LogP contribution in [-0.2, 0) is 4.74 Å². The summed E-state index contributed by atoms with van der Waals surface area (Å²) in [5.74, 6) is 1.13. The van der Waals surface area contributed by atoms with E-state index in [-0.39, 0.29) is 50.4 Å². The number of pyridine rings is 2. The number of aromatic nitrogens is 2. The first-order chi connectivity index (χ1) is 16.8. The third-order valence-corrected chi connectivity index (χ3v) is 6.30. The molecule has 0 saturated carbocycles. The van der Waals surface area contributed by atoms with Gasteiger partial charge in [0, 0.05) is 54.9 Å². The highest BCUT2D eigenvalue weighted by atomic mass is 79.9. The zero-order valence-corrected chi connectivity index (χ0v) is 26.6. The van der Waals surface area contributed by atoms with E-state index in [0.717, 1.165) is 23.2 Å². The van der Waals surface area contributed by atoms with Crippen LogP contribution in [0.3, 0.4) is 0 Å². The highest BCUT2D eigenvalue weighted by molar-refractivity contribution is 9.10. The molecule has 39 heavy (non-hydrogen) atoms. The molecule has 4 N–H and O–H groups in total. The molecule has 0 aliphatic carbocycles. The molecule has 2 aromatic heterocycles. The van der Waals surface area contributed by atoms with Crippen LogP contribution in [0.4, 0.5) is 10.5 Å². The third-order valence-electron chi connectivity index (χ3n) is 4.82. The number of amides is 1. The van der Waals surface area contributed by atoms with Gasteiger partial charge in [0.2, 0.25) is 11.8 Å². The predicted octanol–water partition coefficient (Wildman–Crippen LogP) is 5.44. The molecule has 2 aliphatic rings. The zero-order valence-electron chi connectivity index (χ0n) is 21.8. The van der Waals surface area contributed by atoms with Crippen LogP contribution < -0.4 is 25.8 Å². The Morgan fingerprint density at radius 2 is 1.41 bits per heavy atom. The summed E-state index contributed by atoms with van der Waals surface area (Å²) in [6, 6.07) is 3.93. The number of hydrogen-bond donors (Lipinski definition) is 2. The van der Waals surface area contributed by atoms with E-state index in [4.69, 9.17) is 48.9 Å². The van der Waals surface area contributed by atoms with E-state index in [1.807, 2.05) is 26.8 Å². The topological polar surface area (TPSA) is 129 Å². The van der Waals surface area contributed by atoms with Crippen LogP contribution in [0.1, 0.15) is 28.2 Å². The molecule has 0 radical (unpaired) electrons. The Balaban J connectivity index is 0. The van der Waals surface area contributed by atoms with Gasteiger partial charge in [-0.2, -0.15) is 0 Å². The summed E-state index contributed by atoms with van der Waals surface area (Å²) in [7, 11) is 3.14. The number of carbonyl (C=O) groups is 1. The Morgan fingerprint density at radius 3 is 1.82 bits per heavy atom. The van der Waals surface area contributed by atoms with Gasteiger partial charge in [-0.15, -0.1) is 24.8 Å². The van der Waals surface area contributed by atoms with Gasteiger partial charge in [0.15, 0.2) is 0 Å². The van der Waals surface area contributed by atoms with Crippen molar-refractivity contribution in [2.24, 2.45) is 11.5 Å². The van der Waals surface area contributed by atoms with Gasteiger partial charge in [0.05, 0.1) is 42.3 Å². The van der Waals surface area contributed by atoms with Crippen molar-refractivity contribution >= 4 is 75.7 Å². The Bertz CT molecular complexity index is 1020. The highest BCUT2D eigenvalue weighted by Gasteiger charge is 2.31. The van der Waals surface area contributed by atoms with Crippen LogP contribution in [0, 0.1) is 0 Å². The van der Waals surface area contributed by atoms with E-state index in [2.05, 4.69) is 30.8 Å². The van der Waals surface area contributed by atoms with E-state index in [9.17, 15) is 4.79 Å². The summed E-state index contributed by atoms with van der Waals surface area (Å²) in [6.45, 7) is 8.48. The summed E-state index contributed by atoms with van der Waals surface area (Å²) in [5, 5.41) is 1.22. The second-order valence-electron chi connectivity index (χ2n) is 9.13. The zero-order chi connectivity index (χ0) is 27.0. The van der Waals surface area contributed by atoms with Crippen LogP contribution in [0.15, 0.2) is 29.0 Å². The number of carbonyl (C=O) groups excluding carboxylic acids is 1. The Kier molecular flexibility index (Phi) is 18.4. The molecule has 0 aromatic carbocycles. The molecule has 2 aromatic rings. The van der Waals surface area contributed by atoms with Crippen molar-refractivity contribution in [3.8, 4) is 11.8 Å². The Labute approximate surface area is 262 Å². The van der Waals surface area contributed by atoms with Gasteiger partial charge >= 0.3 is 6.09 Å². The van der Waals surface area contributed by atoms with Crippen LogP contribution in [0.2, 0.25) is 10.0 Å². The minimum absolute atomic E-state index is 0. The molecule has 1 amide bonds. The van der Waals surface area contributed by atoms with Crippen molar-refractivity contribution in [1.29, 1.82) is 0 Å². The first-order valence-electron chi connectivity index (χ1n) is 11.1. The number of nitrogens with two attached hydrogens (primary N) is 2. The summed E-state index contributed by atoms with van der Waals surface area (Å²) >= 11 is 14.9. The lowest BCUT2D eigenvalue weighted by Gasteiger charge is -2.39. The summed E-state index contributed by atoms with van der Waals surface area (Å²) in [5.41, 5.74) is 11.8. The fourth-order valence-electron chi connectivity index (χ4n) is 2.97. The fourth-order valence-corrected chi connectivity index (χ4v) is 3.59. The first kappa shape index (κ1) is 39.7. The molecule has 4 rings (SSSR count). The first-order valence-corrected chi connectivity index (χ1v) is 12.7. The summed E-state index contributed by atoms with van der Waals surface area (Å²) in [4.78, 5) is 22.8. The van der Waals surface area contributed by atoms with Crippen molar-refractivity contribution in [1.82, 2.24) is 14.9 Å². The van der Waals surface area contributed by atoms with Crippen molar-refractivity contribution in [2.75, 3.05) is 45.3 Å². The largest absolute Gasteiger partial charge is 0.481 e. The van der Waals surface area contributed by atoms with Gasteiger partial charge in [-0.1, -0.05) is 30.6 Å². The number of nitrogens with zero attached hydrogens (tertiary/aromatic N) is 4. The molecule has 4 heterocycles. The average molecular weight is 697 g/mol. The lowest BCUT2D eigenvalue weighted by atomic mass is 10.1. The number of anilines is 1. The summed E-state index contributed by atoms with van der Waals surface area (Å²) < 4.78 is 15.8. The predicted molar refractivity (Wildman–Crippen MR) is 166 cm³/mol. The number of halogens is 5. The number of hydrogen-bond acceptors (Lipinski definition) is 9. The maximum atomic E-state index is 11.2. The maximum absolute atomic E-state index is 11.2. The van der Waals surface area contributed by atoms with Gasteiger partial charge in [-0.25, -0.2) is 14.8 Å².